The summed E-state index contributed by atoms with van der Waals surface area (Å²) >= 11 is 1.35. The highest BCUT2D eigenvalue weighted by Gasteiger charge is 2.34. The number of aliphatic carboxylic acids is 3. The first-order chi connectivity index (χ1) is 33.7. The SMILES string of the molecule is CSCC[C@H](NC(=O)[C@H](C)NC(=O)CNC(=O)[C@H](C)NC(=O)[C@H](C)NC(=O)[C@H](CCC(=O)O)NC(=O)[C@@H](N)[C@@H](C)O)C(=O)N[C@@H](Cc1ccccc1)C(=O)N[C@@H](CC(C)C)C(=O)N[C@@H](CCC(=O)O)C(=O)O. The molecular formula is C45H70N10O16S. The van der Waals surface area contributed by atoms with E-state index in [0.717, 1.165) is 0 Å². The van der Waals surface area contributed by atoms with Crippen LogP contribution >= 0.6 is 11.8 Å². The molecule has 0 aliphatic rings. The van der Waals surface area contributed by atoms with E-state index in [1.54, 1.807) is 50.4 Å². The van der Waals surface area contributed by atoms with E-state index < -0.39 is 157 Å². The van der Waals surface area contributed by atoms with Crippen LogP contribution in [0, 0.1) is 5.92 Å². The molecule has 0 radical (unpaired) electrons. The van der Waals surface area contributed by atoms with Gasteiger partial charge in [-0.25, -0.2) is 4.79 Å². The van der Waals surface area contributed by atoms with Gasteiger partial charge in [0.1, 0.15) is 54.4 Å². The summed E-state index contributed by atoms with van der Waals surface area (Å²) in [7, 11) is 0. The fourth-order valence-electron chi connectivity index (χ4n) is 6.39. The highest BCUT2D eigenvalue weighted by Crippen LogP contribution is 2.11. The summed E-state index contributed by atoms with van der Waals surface area (Å²) in [4.78, 5) is 153. The normalized spacial score (nSPS) is 15.1. The van der Waals surface area contributed by atoms with Gasteiger partial charge in [0.05, 0.1) is 12.6 Å². The number of aliphatic hydroxyl groups is 1. The smallest absolute Gasteiger partial charge is 0.326 e. The predicted molar refractivity (Wildman–Crippen MR) is 259 cm³/mol. The summed E-state index contributed by atoms with van der Waals surface area (Å²) in [6.07, 6.45) is -1.41. The molecule has 0 heterocycles. The van der Waals surface area contributed by atoms with E-state index in [9.17, 15) is 67.7 Å². The first-order valence-corrected chi connectivity index (χ1v) is 24.4. The monoisotopic (exact) mass is 1040 g/mol. The summed E-state index contributed by atoms with van der Waals surface area (Å²) in [5.41, 5.74) is 6.21. The number of rotatable bonds is 33. The van der Waals surface area contributed by atoms with Crippen LogP contribution in [0.4, 0.5) is 0 Å². The number of carboxylic acid groups (broad SMARTS) is 3. The van der Waals surface area contributed by atoms with Crippen molar-refractivity contribution in [2.45, 2.75) is 147 Å². The highest BCUT2D eigenvalue weighted by atomic mass is 32.2. The van der Waals surface area contributed by atoms with Crippen molar-refractivity contribution >= 4 is 82.8 Å². The van der Waals surface area contributed by atoms with E-state index in [1.165, 1.54) is 39.5 Å². The van der Waals surface area contributed by atoms with Crippen LogP contribution in [0.1, 0.15) is 85.6 Å². The summed E-state index contributed by atoms with van der Waals surface area (Å²) < 4.78 is 0. The minimum atomic E-state index is -1.57. The fourth-order valence-corrected chi connectivity index (χ4v) is 6.86. The van der Waals surface area contributed by atoms with E-state index >= 15 is 0 Å². The maximum absolute atomic E-state index is 14.0. The molecule has 15 N–H and O–H groups in total. The third-order valence-corrected chi connectivity index (χ3v) is 11.2. The number of aliphatic hydroxyl groups excluding tert-OH is 1. The number of benzene rings is 1. The van der Waals surface area contributed by atoms with Gasteiger partial charge in [-0.15, -0.1) is 0 Å². The molecule has 0 saturated heterocycles. The number of amides is 9. The number of carbonyl (C=O) groups excluding carboxylic acids is 9. The molecule has 0 aromatic heterocycles. The van der Waals surface area contributed by atoms with Crippen LogP contribution in [-0.4, -0.2) is 171 Å². The number of thioether (sulfide) groups is 1. The van der Waals surface area contributed by atoms with Gasteiger partial charge in [-0.3, -0.25) is 52.7 Å². The minimum Gasteiger partial charge on any atom is -0.481 e. The van der Waals surface area contributed by atoms with Gasteiger partial charge in [0, 0.05) is 19.3 Å². The first kappa shape index (κ1) is 63.1. The third-order valence-electron chi connectivity index (χ3n) is 10.6. The number of nitrogens with one attached hydrogen (secondary N) is 9. The molecule has 72 heavy (non-hydrogen) atoms. The molecule has 0 aliphatic heterocycles. The van der Waals surface area contributed by atoms with Gasteiger partial charge in [0.2, 0.25) is 53.2 Å². The number of hydrogen-bond acceptors (Lipinski definition) is 15. The van der Waals surface area contributed by atoms with Crippen LogP contribution in [-0.2, 0) is 64.0 Å². The highest BCUT2D eigenvalue weighted by molar-refractivity contribution is 7.98. The molecule has 27 heteroatoms. The first-order valence-electron chi connectivity index (χ1n) is 23.0. The van der Waals surface area contributed by atoms with E-state index in [-0.39, 0.29) is 31.6 Å². The average Bonchev–Trinajstić information content (AvgIpc) is 3.30. The molecule has 1 aromatic rings. The Hall–Kier alpha value is -6.87. The fraction of sp³-hybridized carbons (Fsp3) is 0.600. The van der Waals surface area contributed by atoms with Crippen LogP contribution in [0.3, 0.4) is 0 Å². The zero-order valence-electron chi connectivity index (χ0n) is 41.3. The van der Waals surface area contributed by atoms with Crippen molar-refractivity contribution in [2.24, 2.45) is 11.7 Å². The van der Waals surface area contributed by atoms with Gasteiger partial charge in [-0.2, -0.15) is 11.8 Å². The summed E-state index contributed by atoms with van der Waals surface area (Å²) in [5, 5.41) is 59.0. The van der Waals surface area contributed by atoms with Crippen molar-refractivity contribution in [3.8, 4) is 0 Å². The van der Waals surface area contributed by atoms with Crippen molar-refractivity contribution in [3.63, 3.8) is 0 Å². The number of hydrogen-bond donors (Lipinski definition) is 14. The van der Waals surface area contributed by atoms with Gasteiger partial charge in [-0.05, 0) is 76.9 Å². The van der Waals surface area contributed by atoms with Crippen LogP contribution in [0.2, 0.25) is 0 Å². The second-order valence-corrected chi connectivity index (χ2v) is 18.3. The zero-order valence-corrected chi connectivity index (χ0v) is 42.1. The number of carboxylic acids is 3. The maximum Gasteiger partial charge on any atom is 0.326 e. The standard InChI is InChI=1S/C45H70N10O16S/c1-22(2)19-31(42(67)53-30(45(70)71)14-16-35(60)61)54-43(68)32(20-27-11-9-8-10-12-27)55-41(66)29(17-18-72-7)51-39(64)24(4)48-33(57)21-47-37(62)23(3)49-38(63)25(5)50-40(65)28(13-15-34(58)59)52-44(69)36(46)26(6)56/h8-12,22-26,28-32,36,56H,13-21,46H2,1-7H3,(H,47,62)(H,48,57)(H,49,63)(H,50,65)(H,51,64)(H,52,69)(H,53,67)(H,54,68)(H,55,66)(H,58,59)(H,60,61)(H,70,71)/t23-,24-,25-,26+,28-,29-,30-,31-,32-,36-/m0/s1. The van der Waals surface area contributed by atoms with Crippen LogP contribution in [0.25, 0.3) is 0 Å². The second-order valence-electron chi connectivity index (χ2n) is 17.3. The Morgan fingerprint density at radius 3 is 1.50 bits per heavy atom. The second kappa shape index (κ2) is 32.2. The molecule has 0 spiro atoms. The molecule has 9 amide bonds. The van der Waals surface area contributed by atoms with Gasteiger partial charge in [0.15, 0.2) is 0 Å². The Bertz CT molecular complexity index is 2060. The molecule has 0 saturated carbocycles. The molecule has 0 aliphatic carbocycles. The van der Waals surface area contributed by atoms with Gasteiger partial charge in [0.25, 0.3) is 0 Å². The molecular weight excluding hydrogens is 969 g/mol. The molecule has 1 rings (SSSR count). The van der Waals surface area contributed by atoms with Crippen LogP contribution < -0.4 is 53.6 Å². The molecule has 402 valence electrons. The Morgan fingerprint density at radius 1 is 0.528 bits per heavy atom. The predicted octanol–water partition coefficient (Wildman–Crippen LogP) is -3.40. The quantitative estimate of drug-likeness (QED) is 0.0326. The lowest BCUT2D eigenvalue weighted by molar-refractivity contribution is -0.143. The van der Waals surface area contributed by atoms with Crippen molar-refractivity contribution in [1.29, 1.82) is 0 Å². The Balaban J connectivity index is 3.03. The molecule has 1 aromatic carbocycles. The molecule has 10 atom stereocenters. The van der Waals surface area contributed by atoms with Crippen LogP contribution in [0.5, 0.6) is 0 Å². The van der Waals surface area contributed by atoms with E-state index in [1.807, 2.05) is 0 Å². The molecule has 26 nitrogen and oxygen atoms in total. The molecule has 0 fully saturated rings. The Kier molecular flexibility index (Phi) is 28.2. The van der Waals surface area contributed by atoms with E-state index in [0.29, 0.717) is 11.3 Å². The lowest BCUT2D eigenvalue weighted by Crippen LogP contribution is -2.59. The van der Waals surface area contributed by atoms with Crippen molar-refractivity contribution in [2.75, 3.05) is 18.6 Å². The average molecular weight is 1040 g/mol. The molecule has 0 unspecified atom stereocenters. The topological polar surface area (TPSA) is 420 Å². The summed E-state index contributed by atoms with van der Waals surface area (Å²) in [6, 6.07) is -3.70. The molecule has 0 bridgehead atoms. The lowest BCUT2D eigenvalue weighted by Gasteiger charge is -2.27. The van der Waals surface area contributed by atoms with Gasteiger partial charge >= 0.3 is 17.9 Å². The third kappa shape index (κ3) is 24.3. The zero-order chi connectivity index (χ0) is 54.8. The Labute approximate surface area is 420 Å². The number of nitrogens with two attached hydrogens (primary N) is 1. The van der Waals surface area contributed by atoms with Crippen molar-refractivity contribution < 1.29 is 78.0 Å². The minimum absolute atomic E-state index is 0.0406. The van der Waals surface area contributed by atoms with Gasteiger partial charge < -0.3 is 74.0 Å². The van der Waals surface area contributed by atoms with Crippen molar-refractivity contribution in [3.05, 3.63) is 35.9 Å². The number of carbonyl (C=O) groups is 12. The lowest BCUT2D eigenvalue weighted by atomic mass is 10.00. The van der Waals surface area contributed by atoms with Crippen molar-refractivity contribution in [1.82, 2.24) is 47.9 Å². The van der Waals surface area contributed by atoms with E-state index in [2.05, 4.69) is 47.9 Å². The summed E-state index contributed by atoms with van der Waals surface area (Å²) in [5.74, 6) is -11.7. The largest absolute Gasteiger partial charge is 0.481 e. The summed E-state index contributed by atoms with van der Waals surface area (Å²) in [6.45, 7) is 7.88. The van der Waals surface area contributed by atoms with E-state index in [4.69, 9.17) is 15.9 Å². The Morgan fingerprint density at radius 2 is 0.958 bits per heavy atom. The maximum atomic E-state index is 14.0. The van der Waals surface area contributed by atoms with Crippen LogP contribution in [0.15, 0.2) is 30.3 Å². The van der Waals surface area contributed by atoms with Gasteiger partial charge in [-0.1, -0.05) is 44.2 Å².